The number of anilines is 2. The second kappa shape index (κ2) is 4.09. The molecule has 0 amide bonds. The molecule has 1 aliphatic heterocycles. The van der Waals surface area contributed by atoms with Crippen molar-refractivity contribution < 1.29 is 0 Å². The maximum absolute atomic E-state index is 5.91. The van der Waals surface area contributed by atoms with Gasteiger partial charge >= 0.3 is 0 Å². The van der Waals surface area contributed by atoms with Gasteiger partial charge in [-0.1, -0.05) is 0 Å². The molecule has 1 aromatic heterocycles. The Labute approximate surface area is 88.7 Å². The van der Waals surface area contributed by atoms with Crippen molar-refractivity contribution in [1.29, 1.82) is 0 Å². The highest BCUT2D eigenvalue weighted by Gasteiger charge is 2.14. The van der Waals surface area contributed by atoms with Crippen molar-refractivity contribution >= 4 is 23.3 Å². The van der Waals surface area contributed by atoms with E-state index < -0.39 is 0 Å². The molecule has 0 aliphatic carbocycles. The summed E-state index contributed by atoms with van der Waals surface area (Å²) in [6.07, 6.45) is 0. The van der Waals surface area contributed by atoms with Crippen LogP contribution in [-0.4, -0.2) is 29.6 Å². The van der Waals surface area contributed by atoms with Crippen LogP contribution in [0.3, 0.4) is 0 Å². The third-order valence-corrected chi connectivity index (χ3v) is 3.30. The molecular formula is C10H15N3S. The van der Waals surface area contributed by atoms with Crippen molar-refractivity contribution in [2.24, 2.45) is 0 Å². The molecule has 3 nitrogen and oxygen atoms in total. The average Bonchev–Trinajstić information content (AvgIpc) is 2.23. The third kappa shape index (κ3) is 1.95. The molecular weight excluding hydrogens is 194 g/mol. The maximum atomic E-state index is 5.91. The molecule has 1 saturated heterocycles. The topological polar surface area (TPSA) is 42.1 Å². The predicted molar refractivity (Wildman–Crippen MR) is 62.9 cm³/mol. The van der Waals surface area contributed by atoms with Gasteiger partial charge in [0, 0.05) is 30.3 Å². The molecule has 14 heavy (non-hydrogen) atoms. The van der Waals surface area contributed by atoms with E-state index in [0.29, 0.717) is 0 Å². The number of thioether (sulfide) groups is 1. The standard InChI is InChI=1S/C10H15N3S/c1-8-2-3-9(11)10(12-8)13-4-6-14-7-5-13/h2-3H,4-7,11H2,1H3. The first-order valence-electron chi connectivity index (χ1n) is 4.83. The zero-order chi connectivity index (χ0) is 9.97. The lowest BCUT2D eigenvalue weighted by Gasteiger charge is -2.28. The van der Waals surface area contributed by atoms with Crippen LogP contribution in [0.2, 0.25) is 0 Å². The Hall–Kier alpha value is -0.900. The summed E-state index contributed by atoms with van der Waals surface area (Å²) in [4.78, 5) is 6.76. The summed E-state index contributed by atoms with van der Waals surface area (Å²) in [5.74, 6) is 3.31. The molecule has 0 bridgehead atoms. The fourth-order valence-electron chi connectivity index (χ4n) is 1.58. The summed E-state index contributed by atoms with van der Waals surface area (Å²) < 4.78 is 0. The van der Waals surface area contributed by atoms with E-state index in [2.05, 4.69) is 9.88 Å². The number of aromatic nitrogens is 1. The van der Waals surface area contributed by atoms with Gasteiger partial charge in [0.05, 0.1) is 5.69 Å². The molecule has 1 fully saturated rings. The number of rotatable bonds is 1. The van der Waals surface area contributed by atoms with Gasteiger partial charge in [-0.3, -0.25) is 0 Å². The van der Waals surface area contributed by atoms with Gasteiger partial charge in [-0.2, -0.15) is 11.8 Å². The van der Waals surface area contributed by atoms with Crippen LogP contribution in [0.1, 0.15) is 5.69 Å². The van der Waals surface area contributed by atoms with E-state index in [1.165, 1.54) is 11.5 Å². The molecule has 2 N–H and O–H groups in total. The van der Waals surface area contributed by atoms with Crippen LogP contribution in [0, 0.1) is 6.92 Å². The molecule has 1 aromatic rings. The van der Waals surface area contributed by atoms with Gasteiger partial charge in [-0.25, -0.2) is 4.98 Å². The van der Waals surface area contributed by atoms with Gasteiger partial charge < -0.3 is 10.6 Å². The first kappa shape index (κ1) is 9.65. The van der Waals surface area contributed by atoms with Gasteiger partial charge in [0.25, 0.3) is 0 Å². The second-order valence-corrected chi connectivity index (χ2v) is 4.69. The second-order valence-electron chi connectivity index (χ2n) is 3.46. The lowest BCUT2D eigenvalue weighted by molar-refractivity contribution is 0.838. The smallest absolute Gasteiger partial charge is 0.152 e. The average molecular weight is 209 g/mol. The Morgan fingerprint density at radius 2 is 2.07 bits per heavy atom. The minimum absolute atomic E-state index is 0.794. The van der Waals surface area contributed by atoms with Gasteiger partial charge in [0.2, 0.25) is 0 Å². The highest BCUT2D eigenvalue weighted by atomic mass is 32.2. The Morgan fingerprint density at radius 3 is 2.79 bits per heavy atom. The highest BCUT2D eigenvalue weighted by Crippen LogP contribution is 2.23. The molecule has 2 rings (SSSR count). The van der Waals surface area contributed by atoms with E-state index >= 15 is 0 Å². The van der Waals surface area contributed by atoms with Crippen molar-refractivity contribution in [3.05, 3.63) is 17.8 Å². The molecule has 1 aliphatic rings. The summed E-state index contributed by atoms with van der Waals surface area (Å²) in [6.45, 7) is 4.12. The minimum atomic E-state index is 0.794. The summed E-state index contributed by atoms with van der Waals surface area (Å²) in [5, 5.41) is 0. The van der Waals surface area contributed by atoms with Crippen LogP contribution in [0.4, 0.5) is 11.5 Å². The van der Waals surface area contributed by atoms with Crippen LogP contribution in [-0.2, 0) is 0 Å². The van der Waals surface area contributed by atoms with Crippen LogP contribution >= 0.6 is 11.8 Å². The Kier molecular flexibility index (Phi) is 2.82. The van der Waals surface area contributed by atoms with Gasteiger partial charge in [-0.15, -0.1) is 0 Å². The summed E-state index contributed by atoms with van der Waals surface area (Å²) in [7, 11) is 0. The quantitative estimate of drug-likeness (QED) is 0.761. The monoisotopic (exact) mass is 209 g/mol. The molecule has 0 atom stereocenters. The lowest BCUT2D eigenvalue weighted by Crippen LogP contribution is -2.33. The first-order valence-corrected chi connectivity index (χ1v) is 5.98. The van der Waals surface area contributed by atoms with E-state index in [1.54, 1.807) is 0 Å². The van der Waals surface area contributed by atoms with E-state index in [-0.39, 0.29) is 0 Å². The number of nitrogens with zero attached hydrogens (tertiary/aromatic N) is 2. The molecule has 0 saturated carbocycles. The van der Waals surface area contributed by atoms with Crippen molar-refractivity contribution in [2.45, 2.75) is 6.92 Å². The van der Waals surface area contributed by atoms with Crippen molar-refractivity contribution in [1.82, 2.24) is 4.98 Å². The largest absolute Gasteiger partial charge is 0.396 e. The number of aryl methyl sites for hydroxylation is 1. The molecule has 0 spiro atoms. The van der Waals surface area contributed by atoms with Crippen molar-refractivity contribution in [3.8, 4) is 0 Å². The maximum Gasteiger partial charge on any atom is 0.152 e. The first-order chi connectivity index (χ1) is 6.77. The Bertz CT molecular complexity index is 321. The zero-order valence-electron chi connectivity index (χ0n) is 8.36. The predicted octanol–water partition coefficient (Wildman–Crippen LogP) is 1.53. The normalized spacial score (nSPS) is 17.1. The molecule has 76 valence electrons. The van der Waals surface area contributed by atoms with E-state index in [1.807, 2.05) is 30.8 Å². The van der Waals surface area contributed by atoms with Gasteiger partial charge in [0.1, 0.15) is 0 Å². The number of nitrogens with two attached hydrogens (primary N) is 1. The molecule has 0 radical (unpaired) electrons. The van der Waals surface area contributed by atoms with Crippen molar-refractivity contribution in [3.63, 3.8) is 0 Å². The number of pyridine rings is 1. The summed E-state index contributed by atoms with van der Waals surface area (Å²) in [6, 6.07) is 3.90. The Morgan fingerprint density at radius 1 is 1.36 bits per heavy atom. The van der Waals surface area contributed by atoms with E-state index in [0.717, 1.165) is 30.3 Å². The lowest BCUT2D eigenvalue weighted by atomic mass is 10.3. The van der Waals surface area contributed by atoms with Crippen LogP contribution in [0.5, 0.6) is 0 Å². The Balaban J connectivity index is 2.24. The third-order valence-electron chi connectivity index (χ3n) is 2.36. The van der Waals surface area contributed by atoms with Crippen LogP contribution < -0.4 is 10.6 Å². The minimum Gasteiger partial charge on any atom is -0.396 e. The number of hydrogen-bond donors (Lipinski definition) is 1. The molecule has 0 aromatic carbocycles. The fraction of sp³-hybridized carbons (Fsp3) is 0.500. The molecule has 4 heteroatoms. The van der Waals surface area contributed by atoms with Crippen LogP contribution in [0.15, 0.2) is 12.1 Å². The summed E-state index contributed by atoms with van der Waals surface area (Å²) in [5.41, 5.74) is 7.74. The van der Waals surface area contributed by atoms with Gasteiger partial charge in [-0.05, 0) is 19.1 Å². The van der Waals surface area contributed by atoms with E-state index in [4.69, 9.17) is 5.73 Å². The SMILES string of the molecule is Cc1ccc(N)c(N2CCSCC2)n1. The summed E-state index contributed by atoms with van der Waals surface area (Å²) >= 11 is 1.99. The van der Waals surface area contributed by atoms with Gasteiger partial charge in [0.15, 0.2) is 5.82 Å². The van der Waals surface area contributed by atoms with E-state index in [9.17, 15) is 0 Å². The molecule has 2 heterocycles. The van der Waals surface area contributed by atoms with Crippen molar-refractivity contribution in [2.75, 3.05) is 35.2 Å². The highest BCUT2D eigenvalue weighted by molar-refractivity contribution is 7.99. The fourth-order valence-corrected chi connectivity index (χ4v) is 2.49. The number of hydrogen-bond acceptors (Lipinski definition) is 4. The molecule has 0 unspecified atom stereocenters. The zero-order valence-corrected chi connectivity index (χ0v) is 9.18. The number of nitrogen functional groups attached to an aromatic ring is 1. The van der Waals surface area contributed by atoms with Crippen LogP contribution in [0.25, 0.3) is 0 Å².